The van der Waals surface area contributed by atoms with E-state index in [0.717, 1.165) is 16.8 Å². The van der Waals surface area contributed by atoms with E-state index in [9.17, 15) is 10.1 Å². The summed E-state index contributed by atoms with van der Waals surface area (Å²) < 4.78 is 11.7. The van der Waals surface area contributed by atoms with E-state index in [1.165, 1.54) is 6.33 Å². The maximum absolute atomic E-state index is 13.6. The number of hydrogen-bond acceptors (Lipinski definition) is 8. The number of H-pyrrole nitrogens is 1. The molecule has 0 radical (unpaired) electrons. The number of aromatic amines is 1. The van der Waals surface area contributed by atoms with Crippen LogP contribution in [-0.2, 0) is 11.4 Å². The highest BCUT2D eigenvalue weighted by molar-refractivity contribution is 6.01. The van der Waals surface area contributed by atoms with Crippen molar-refractivity contribution in [2.75, 3.05) is 12.0 Å². The molecule has 2 aromatic carbocycles. The number of methoxy groups -OCH3 is 1. The van der Waals surface area contributed by atoms with Crippen LogP contribution in [0.2, 0.25) is 0 Å². The van der Waals surface area contributed by atoms with Gasteiger partial charge in [0.25, 0.3) is 0 Å². The quantitative estimate of drug-likeness (QED) is 0.516. The third kappa shape index (κ3) is 4.42. The van der Waals surface area contributed by atoms with E-state index in [-0.39, 0.29) is 22.6 Å². The lowest BCUT2D eigenvalue weighted by atomic mass is 9.68. The summed E-state index contributed by atoms with van der Waals surface area (Å²) >= 11 is 0. The van der Waals surface area contributed by atoms with Crippen LogP contribution in [0.1, 0.15) is 43.7 Å². The molecule has 9 heteroatoms. The molecule has 0 amide bonds. The van der Waals surface area contributed by atoms with Gasteiger partial charge in [-0.15, -0.1) is 0 Å². The fourth-order valence-corrected chi connectivity index (χ4v) is 5.11. The van der Waals surface area contributed by atoms with E-state index >= 15 is 0 Å². The van der Waals surface area contributed by atoms with Crippen LogP contribution in [0, 0.1) is 16.7 Å². The van der Waals surface area contributed by atoms with Gasteiger partial charge >= 0.3 is 0 Å². The molecule has 3 N–H and O–H groups in total. The molecule has 5 rings (SSSR count). The fraction of sp³-hybridized carbons (Fsp3) is 0.286. The molecular formula is C28H28N6O3. The number of ether oxygens (including phenoxy) is 2. The van der Waals surface area contributed by atoms with Crippen LogP contribution in [0.25, 0.3) is 0 Å². The summed E-state index contributed by atoms with van der Waals surface area (Å²) in [6.07, 6.45) is 2.32. The lowest BCUT2D eigenvalue weighted by Crippen LogP contribution is -2.42. The van der Waals surface area contributed by atoms with Gasteiger partial charge in [-0.05, 0) is 35.1 Å². The van der Waals surface area contributed by atoms with E-state index in [2.05, 4.69) is 21.3 Å². The fourth-order valence-electron chi connectivity index (χ4n) is 5.11. The highest BCUT2D eigenvalue weighted by Crippen LogP contribution is 2.50. The van der Waals surface area contributed by atoms with Gasteiger partial charge in [0, 0.05) is 17.7 Å². The van der Waals surface area contributed by atoms with E-state index in [4.69, 9.17) is 15.2 Å². The van der Waals surface area contributed by atoms with E-state index in [1.807, 2.05) is 62.4 Å². The summed E-state index contributed by atoms with van der Waals surface area (Å²) in [6.45, 7) is 4.47. The Balaban J connectivity index is 1.60. The van der Waals surface area contributed by atoms with Gasteiger partial charge in [-0.3, -0.25) is 9.69 Å². The number of Topliss-reactive ketones (excluding diaryl/α,β-unsaturated/α-hetero) is 1. The molecule has 3 aromatic rings. The maximum atomic E-state index is 13.6. The van der Waals surface area contributed by atoms with Crippen molar-refractivity contribution >= 4 is 11.7 Å². The van der Waals surface area contributed by atoms with Crippen molar-refractivity contribution in [3.05, 3.63) is 88.6 Å². The molecule has 2 aliphatic rings. The lowest BCUT2D eigenvalue weighted by molar-refractivity contribution is -0.118. The first-order valence-electron chi connectivity index (χ1n) is 12.0. The van der Waals surface area contributed by atoms with Gasteiger partial charge in [0.05, 0.1) is 24.7 Å². The van der Waals surface area contributed by atoms with Gasteiger partial charge in [-0.1, -0.05) is 50.2 Å². The molecule has 1 aliphatic carbocycles. The number of benzene rings is 2. The predicted molar refractivity (Wildman–Crippen MR) is 137 cm³/mol. The number of nitrogens with two attached hydrogens (primary N) is 1. The van der Waals surface area contributed by atoms with Gasteiger partial charge < -0.3 is 15.2 Å². The minimum atomic E-state index is -0.639. The van der Waals surface area contributed by atoms with Crippen LogP contribution in [0.3, 0.4) is 0 Å². The molecule has 0 saturated carbocycles. The van der Waals surface area contributed by atoms with E-state index in [1.54, 1.807) is 12.0 Å². The second-order valence-corrected chi connectivity index (χ2v) is 9.97. The minimum Gasteiger partial charge on any atom is -0.493 e. The number of anilines is 1. The Morgan fingerprint density at radius 3 is 2.65 bits per heavy atom. The molecule has 0 bridgehead atoms. The molecule has 1 unspecified atom stereocenters. The summed E-state index contributed by atoms with van der Waals surface area (Å²) in [7, 11) is 1.56. The number of rotatable bonds is 6. The number of carbonyl (C=O) groups excluding carboxylic acids is 1. The van der Waals surface area contributed by atoms with Crippen LogP contribution in [0.4, 0.5) is 5.95 Å². The van der Waals surface area contributed by atoms with Gasteiger partial charge in [0.2, 0.25) is 5.95 Å². The van der Waals surface area contributed by atoms with Crippen LogP contribution >= 0.6 is 0 Å². The standard InChI is InChI=1S/C28H28N6O3/c1-28(2)12-20-25(21(35)13-28)24(19(14-29)26(30)34(20)27-31-16-32-33-27)18-9-10-22(23(11-18)36-3)37-15-17-7-5-4-6-8-17/h4-11,16,24H,12-13,15,30H2,1-3H3,(H,31,32,33). The molecule has 188 valence electrons. The molecule has 0 fully saturated rings. The molecule has 1 aliphatic heterocycles. The number of nitrogens with one attached hydrogen (secondary N) is 1. The second-order valence-electron chi connectivity index (χ2n) is 9.97. The average Bonchev–Trinajstić information content (AvgIpc) is 3.41. The zero-order valence-electron chi connectivity index (χ0n) is 21.0. The SMILES string of the molecule is COc1cc(C2C(C#N)=C(N)N(c3ncn[nH]3)C3=C2C(=O)CC(C)(C)C3)ccc1OCc1ccccc1. The van der Waals surface area contributed by atoms with E-state index < -0.39 is 5.92 Å². The molecule has 9 nitrogen and oxygen atoms in total. The number of carbonyl (C=O) groups is 1. The Kier molecular flexibility index (Phi) is 6.17. The Bertz CT molecular complexity index is 1430. The Labute approximate surface area is 215 Å². The van der Waals surface area contributed by atoms with Crippen molar-refractivity contribution in [3.8, 4) is 17.6 Å². The van der Waals surface area contributed by atoms with Crippen molar-refractivity contribution in [1.29, 1.82) is 5.26 Å². The number of allylic oxidation sites excluding steroid dienone is 3. The smallest absolute Gasteiger partial charge is 0.231 e. The number of aromatic nitrogens is 3. The van der Waals surface area contributed by atoms with Crippen LogP contribution in [0.15, 0.2) is 77.5 Å². The van der Waals surface area contributed by atoms with Crippen LogP contribution in [0.5, 0.6) is 11.5 Å². The average molecular weight is 497 g/mol. The molecule has 0 spiro atoms. The monoisotopic (exact) mass is 496 g/mol. The van der Waals surface area contributed by atoms with Crippen molar-refractivity contribution in [3.63, 3.8) is 0 Å². The van der Waals surface area contributed by atoms with Crippen molar-refractivity contribution in [2.45, 2.75) is 39.2 Å². The Morgan fingerprint density at radius 2 is 1.97 bits per heavy atom. The minimum absolute atomic E-state index is 0.0237. The highest BCUT2D eigenvalue weighted by Gasteiger charge is 2.45. The maximum Gasteiger partial charge on any atom is 0.231 e. The number of hydrogen-bond donors (Lipinski definition) is 2. The zero-order chi connectivity index (χ0) is 26.2. The summed E-state index contributed by atoms with van der Waals surface area (Å²) in [6, 6.07) is 17.6. The largest absolute Gasteiger partial charge is 0.493 e. The molecule has 1 atom stereocenters. The summed E-state index contributed by atoms with van der Waals surface area (Å²) in [5.41, 5.74) is 9.61. The number of nitriles is 1. The molecule has 2 heterocycles. The van der Waals surface area contributed by atoms with Gasteiger partial charge in [-0.25, -0.2) is 5.10 Å². The Morgan fingerprint density at radius 1 is 1.19 bits per heavy atom. The second kappa shape index (κ2) is 9.47. The van der Waals surface area contributed by atoms with Crippen LogP contribution < -0.4 is 20.1 Å². The zero-order valence-corrected chi connectivity index (χ0v) is 21.0. The van der Waals surface area contributed by atoms with Crippen molar-refractivity contribution < 1.29 is 14.3 Å². The lowest BCUT2D eigenvalue weighted by Gasteiger charge is -2.42. The first-order chi connectivity index (χ1) is 17.8. The molecular weight excluding hydrogens is 468 g/mol. The van der Waals surface area contributed by atoms with Gasteiger partial charge in [0.1, 0.15) is 18.8 Å². The normalized spacial score (nSPS) is 18.9. The summed E-state index contributed by atoms with van der Waals surface area (Å²) in [5.74, 6) is 0.993. The third-order valence-corrected chi connectivity index (χ3v) is 6.75. The molecule has 37 heavy (non-hydrogen) atoms. The van der Waals surface area contributed by atoms with Gasteiger partial charge in [-0.2, -0.15) is 15.3 Å². The number of nitrogens with zero attached hydrogens (tertiary/aromatic N) is 4. The van der Waals surface area contributed by atoms with Crippen LogP contribution in [-0.4, -0.2) is 28.1 Å². The summed E-state index contributed by atoms with van der Waals surface area (Å²) in [5, 5.41) is 17.0. The van der Waals surface area contributed by atoms with Crippen molar-refractivity contribution in [2.24, 2.45) is 11.1 Å². The van der Waals surface area contributed by atoms with E-state index in [0.29, 0.717) is 42.5 Å². The van der Waals surface area contributed by atoms with Crippen molar-refractivity contribution in [1.82, 2.24) is 15.2 Å². The Hall–Kier alpha value is -4.58. The summed E-state index contributed by atoms with van der Waals surface area (Å²) in [4.78, 5) is 19.5. The molecule has 0 saturated heterocycles. The predicted octanol–water partition coefficient (Wildman–Crippen LogP) is 4.33. The van der Waals surface area contributed by atoms with Gasteiger partial charge in [0.15, 0.2) is 17.3 Å². The number of ketones is 1. The third-order valence-electron chi connectivity index (χ3n) is 6.75. The topological polar surface area (TPSA) is 130 Å². The first-order valence-corrected chi connectivity index (χ1v) is 12.0. The molecule has 1 aromatic heterocycles. The first kappa shape index (κ1) is 24.1. The highest BCUT2D eigenvalue weighted by atomic mass is 16.5.